The van der Waals surface area contributed by atoms with Gasteiger partial charge in [0.05, 0.1) is 19.8 Å². The molecular formula is C11H16ClNO3. The molecule has 1 fully saturated rings. The van der Waals surface area contributed by atoms with Gasteiger partial charge in [0.25, 0.3) is 0 Å². The number of hydrogen-bond acceptors (Lipinski definition) is 4. The molecule has 0 unspecified atom stereocenters. The van der Waals surface area contributed by atoms with Gasteiger partial charge in [-0.2, -0.15) is 0 Å². The maximum Gasteiger partial charge on any atom is 0.131 e. The highest BCUT2D eigenvalue weighted by molar-refractivity contribution is 5.85. The summed E-state index contributed by atoms with van der Waals surface area (Å²) >= 11 is 0. The van der Waals surface area contributed by atoms with Crippen LogP contribution in [0.5, 0.6) is 17.2 Å². The molecule has 1 atom stereocenters. The van der Waals surface area contributed by atoms with Gasteiger partial charge in [-0.05, 0) is 13.0 Å². The lowest BCUT2D eigenvalue weighted by Gasteiger charge is -2.30. The van der Waals surface area contributed by atoms with Crippen LogP contribution in [0.1, 0.15) is 18.0 Å². The maximum atomic E-state index is 9.87. The van der Waals surface area contributed by atoms with Crippen LogP contribution in [0.15, 0.2) is 12.1 Å². The second kappa shape index (κ2) is 5.27. The van der Waals surface area contributed by atoms with Crippen molar-refractivity contribution in [2.24, 2.45) is 0 Å². The van der Waals surface area contributed by atoms with Gasteiger partial charge in [-0.25, -0.2) is 0 Å². The fourth-order valence-electron chi connectivity index (χ4n) is 1.76. The van der Waals surface area contributed by atoms with E-state index in [1.807, 2.05) is 0 Å². The SMILES string of the molecule is COc1cc(O)c([C@@H]2CCN2)c(OC)c1.Cl. The Morgan fingerprint density at radius 1 is 1.31 bits per heavy atom. The molecule has 0 spiro atoms. The second-order valence-electron chi connectivity index (χ2n) is 3.56. The molecule has 16 heavy (non-hydrogen) atoms. The van der Waals surface area contributed by atoms with Gasteiger partial charge in [-0.15, -0.1) is 12.4 Å². The van der Waals surface area contributed by atoms with Crippen LogP contribution in [-0.2, 0) is 0 Å². The molecule has 0 radical (unpaired) electrons. The van der Waals surface area contributed by atoms with Gasteiger partial charge < -0.3 is 19.9 Å². The molecule has 0 aliphatic carbocycles. The van der Waals surface area contributed by atoms with Crippen molar-refractivity contribution in [1.29, 1.82) is 0 Å². The van der Waals surface area contributed by atoms with Crippen LogP contribution < -0.4 is 14.8 Å². The molecular weight excluding hydrogens is 230 g/mol. The molecule has 0 aromatic heterocycles. The first-order chi connectivity index (χ1) is 7.26. The highest BCUT2D eigenvalue weighted by Gasteiger charge is 2.25. The normalized spacial score (nSPS) is 18.2. The zero-order valence-electron chi connectivity index (χ0n) is 9.32. The Morgan fingerprint density at radius 2 is 2.00 bits per heavy atom. The average Bonchev–Trinajstić information content (AvgIpc) is 2.17. The van der Waals surface area contributed by atoms with Crippen molar-refractivity contribution in [3.63, 3.8) is 0 Å². The first-order valence-corrected chi connectivity index (χ1v) is 4.94. The number of benzene rings is 1. The quantitative estimate of drug-likeness (QED) is 0.854. The van der Waals surface area contributed by atoms with Crippen molar-refractivity contribution in [2.75, 3.05) is 20.8 Å². The van der Waals surface area contributed by atoms with Crippen molar-refractivity contribution in [2.45, 2.75) is 12.5 Å². The van der Waals surface area contributed by atoms with E-state index in [-0.39, 0.29) is 24.2 Å². The monoisotopic (exact) mass is 245 g/mol. The third kappa shape index (κ3) is 2.18. The zero-order valence-corrected chi connectivity index (χ0v) is 10.1. The molecule has 1 saturated heterocycles. The summed E-state index contributed by atoms with van der Waals surface area (Å²) in [5.41, 5.74) is 0.824. The summed E-state index contributed by atoms with van der Waals surface area (Å²) < 4.78 is 10.3. The minimum absolute atomic E-state index is 0. The molecule has 0 saturated carbocycles. The Morgan fingerprint density at radius 3 is 2.44 bits per heavy atom. The summed E-state index contributed by atoms with van der Waals surface area (Å²) in [5, 5.41) is 13.1. The van der Waals surface area contributed by atoms with Crippen LogP contribution in [0.2, 0.25) is 0 Å². The Hall–Kier alpha value is -1.13. The largest absolute Gasteiger partial charge is 0.507 e. The number of methoxy groups -OCH3 is 2. The summed E-state index contributed by atoms with van der Waals surface area (Å²) in [6.07, 6.45) is 1.02. The number of aromatic hydroxyl groups is 1. The van der Waals surface area contributed by atoms with E-state index in [4.69, 9.17) is 9.47 Å². The highest BCUT2D eigenvalue weighted by Crippen LogP contribution is 2.40. The summed E-state index contributed by atoms with van der Waals surface area (Å²) in [5.74, 6) is 1.50. The van der Waals surface area contributed by atoms with Gasteiger partial charge in [0.15, 0.2) is 0 Å². The van der Waals surface area contributed by atoms with Crippen molar-refractivity contribution in [1.82, 2.24) is 5.32 Å². The molecule has 4 nitrogen and oxygen atoms in total. The predicted octanol–water partition coefficient (Wildman–Crippen LogP) is 1.87. The first kappa shape index (κ1) is 12.9. The third-order valence-electron chi connectivity index (χ3n) is 2.72. The molecule has 2 N–H and O–H groups in total. The number of halogens is 1. The van der Waals surface area contributed by atoms with Crippen LogP contribution in [0, 0.1) is 0 Å². The number of phenolic OH excluding ortho intramolecular Hbond substituents is 1. The first-order valence-electron chi connectivity index (χ1n) is 4.94. The van der Waals surface area contributed by atoms with E-state index in [1.165, 1.54) is 0 Å². The predicted molar refractivity (Wildman–Crippen MR) is 63.8 cm³/mol. The minimum atomic E-state index is 0. The smallest absolute Gasteiger partial charge is 0.131 e. The van der Waals surface area contributed by atoms with Gasteiger partial charge in [-0.1, -0.05) is 0 Å². The van der Waals surface area contributed by atoms with E-state index >= 15 is 0 Å². The van der Waals surface area contributed by atoms with Crippen LogP contribution in [0.25, 0.3) is 0 Å². The van der Waals surface area contributed by atoms with Gasteiger partial charge >= 0.3 is 0 Å². The molecule has 90 valence electrons. The van der Waals surface area contributed by atoms with Crippen molar-refractivity contribution >= 4 is 12.4 Å². The lowest BCUT2D eigenvalue weighted by atomic mass is 9.96. The molecule has 0 bridgehead atoms. The third-order valence-corrected chi connectivity index (χ3v) is 2.72. The lowest BCUT2D eigenvalue weighted by molar-refractivity contribution is 0.332. The number of nitrogens with one attached hydrogen (secondary N) is 1. The van der Waals surface area contributed by atoms with Gasteiger partial charge in [-0.3, -0.25) is 0 Å². The van der Waals surface area contributed by atoms with E-state index < -0.39 is 0 Å². The Kier molecular flexibility index (Phi) is 4.26. The van der Waals surface area contributed by atoms with Crippen LogP contribution >= 0.6 is 12.4 Å². The van der Waals surface area contributed by atoms with E-state index in [9.17, 15) is 5.11 Å². The van der Waals surface area contributed by atoms with E-state index in [2.05, 4.69) is 5.32 Å². The van der Waals surface area contributed by atoms with Crippen LogP contribution in [0.4, 0.5) is 0 Å². The molecule has 1 aromatic rings. The number of ether oxygens (including phenoxy) is 2. The fraction of sp³-hybridized carbons (Fsp3) is 0.455. The number of hydrogen-bond donors (Lipinski definition) is 2. The standard InChI is InChI=1S/C11H15NO3.ClH/c1-14-7-5-9(13)11(8-3-4-12-8)10(6-7)15-2;/h5-6,8,12-13H,3-4H2,1-2H3;1H/t8-;/m0./s1. The van der Waals surface area contributed by atoms with E-state index in [0.717, 1.165) is 18.5 Å². The molecule has 0 amide bonds. The molecule has 2 rings (SSSR count). The van der Waals surface area contributed by atoms with Crippen molar-refractivity contribution < 1.29 is 14.6 Å². The minimum Gasteiger partial charge on any atom is -0.507 e. The second-order valence-corrected chi connectivity index (χ2v) is 3.56. The van der Waals surface area contributed by atoms with Gasteiger partial charge in [0, 0.05) is 18.2 Å². The Bertz CT molecular complexity index is 366. The number of rotatable bonds is 3. The molecule has 5 heteroatoms. The summed E-state index contributed by atoms with van der Waals surface area (Å²) in [4.78, 5) is 0. The molecule has 1 aliphatic heterocycles. The fourth-order valence-corrected chi connectivity index (χ4v) is 1.76. The van der Waals surface area contributed by atoms with E-state index in [0.29, 0.717) is 11.5 Å². The van der Waals surface area contributed by atoms with Gasteiger partial charge in [0.2, 0.25) is 0 Å². The highest BCUT2D eigenvalue weighted by atomic mass is 35.5. The Labute approximate surface area is 101 Å². The summed E-state index contributed by atoms with van der Waals surface area (Å²) in [6, 6.07) is 3.60. The van der Waals surface area contributed by atoms with Crippen LogP contribution in [-0.4, -0.2) is 25.9 Å². The van der Waals surface area contributed by atoms with Gasteiger partial charge in [0.1, 0.15) is 17.2 Å². The summed E-state index contributed by atoms with van der Waals surface area (Å²) in [6.45, 7) is 0.985. The maximum absolute atomic E-state index is 9.87. The van der Waals surface area contributed by atoms with E-state index in [1.54, 1.807) is 26.4 Å². The topological polar surface area (TPSA) is 50.7 Å². The van der Waals surface area contributed by atoms with Crippen molar-refractivity contribution in [3.8, 4) is 17.2 Å². The zero-order chi connectivity index (χ0) is 10.8. The van der Waals surface area contributed by atoms with Crippen LogP contribution in [0.3, 0.4) is 0 Å². The molecule has 1 aliphatic rings. The lowest BCUT2D eigenvalue weighted by Crippen LogP contribution is -2.35. The Balaban J connectivity index is 0.00000128. The molecule has 1 heterocycles. The van der Waals surface area contributed by atoms with Crippen molar-refractivity contribution in [3.05, 3.63) is 17.7 Å². The summed E-state index contributed by atoms with van der Waals surface area (Å²) in [7, 11) is 3.16. The molecule has 1 aromatic carbocycles. The number of phenols is 1. The average molecular weight is 246 g/mol.